The molecule has 0 saturated heterocycles. The summed E-state index contributed by atoms with van der Waals surface area (Å²) in [5, 5.41) is 0. The molecule has 0 aliphatic heterocycles. The van der Waals surface area contributed by atoms with E-state index >= 15 is 0 Å². The van der Waals surface area contributed by atoms with Gasteiger partial charge in [0.25, 0.3) is 5.91 Å². The molecule has 0 fully saturated rings. The quantitative estimate of drug-likeness (QED) is 0.627. The molecular weight excluding hydrogens is 391 g/mol. The van der Waals surface area contributed by atoms with Gasteiger partial charge in [0.05, 0.1) is 0 Å². The number of benzene rings is 1. The van der Waals surface area contributed by atoms with Gasteiger partial charge in [-0.05, 0) is 32.9 Å². The molecule has 0 radical (unpaired) electrons. The third-order valence-electron chi connectivity index (χ3n) is 4.89. The van der Waals surface area contributed by atoms with Gasteiger partial charge in [0, 0.05) is 25.2 Å². The molecule has 0 atom stereocenters. The number of likely N-dealkylation sites (N-methyl/N-ethyl adjacent to an activating group) is 1. The molecule has 0 saturated carbocycles. The molecule has 2 amide bonds. The van der Waals surface area contributed by atoms with Crippen LogP contribution in [0.1, 0.15) is 31.3 Å². The van der Waals surface area contributed by atoms with Crippen LogP contribution in [0.4, 0.5) is 4.39 Å². The van der Waals surface area contributed by atoms with Gasteiger partial charge in [0.15, 0.2) is 17.2 Å². The number of carbonyl (C=O) groups is 2. The van der Waals surface area contributed by atoms with Crippen LogP contribution in [0.3, 0.4) is 0 Å². The maximum atomic E-state index is 13.7. The SMILES string of the molecule is CCN(CC)C(=O)Cn1c(=O)n(CC)c2nc(-c3cccc(F)c3)nc(C(N)=O)c21. The summed E-state index contributed by atoms with van der Waals surface area (Å²) in [6.07, 6.45) is 0. The Morgan fingerprint density at radius 2 is 1.83 bits per heavy atom. The first kappa shape index (κ1) is 21.2. The first-order valence-electron chi connectivity index (χ1n) is 9.66. The monoisotopic (exact) mass is 414 g/mol. The van der Waals surface area contributed by atoms with Gasteiger partial charge in [-0.15, -0.1) is 0 Å². The van der Waals surface area contributed by atoms with Crippen LogP contribution in [-0.4, -0.2) is 48.9 Å². The molecule has 0 aliphatic carbocycles. The second-order valence-electron chi connectivity index (χ2n) is 6.62. The first-order chi connectivity index (χ1) is 14.3. The summed E-state index contributed by atoms with van der Waals surface area (Å²) < 4.78 is 16.2. The molecule has 10 heteroatoms. The number of carbonyl (C=O) groups excluding carboxylic acids is 2. The van der Waals surface area contributed by atoms with Gasteiger partial charge in [-0.2, -0.15) is 0 Å². The van der Waals surface area contributed by atoms with Crippen molar-refractivity contribution in [3.8, 4) is 11.4 Å². The van der Waals surface area contributed by atoms with Crippen molar-refractivity contribution in [1.82, 2.24) is 24.0 Å². The molecule has 0 spiro atoms. The topological polar surface area (TPSA) is 116 Å². The normalized spacial score (nSPS) is 11.1. The average Bonchev–Trinajstić information content (AvgIpc) is 2.98. The van der Waals surface area contributed by atoms with Crippen LogP contribution in [0.5, 0.6) is 0 Å². The summed E-state index contributed by atoms with van der Waals surface area (Å²) in [6, 6.07) is 5.57. The Hall–Kier alpha value is -3.56. The Bertz CT molecular complexity index is 1180. The summed E-state index contributed by atoms with van der Waals surface area (Å²) in [4.78, 5) is 48.0. The van der Waals surface area contributed by atoms with Crippen LogP contribution in [0.25, 0.3) is 22.6 Å². The van der Waals surface area contributed by atoms with E-state index in [1.807, 2.05) is 13.8 Å². The predicted molar refractivity (Wildman–Crippen MR) is 109 cm³/mol. The smallest absolute Gasteiger partial charge is 0.330 e. The van der Waals surface area contributed by atoms with E-state index in [0.29, 0.717) is 18.7 Å². The molecule has 9 nitrogen and oxygen atoms in total. The van der Waals surface area contributed by atoms with E-state index in [9.17, 15) is 18.8 Å². The molecule has 2 heterocycles. The highest BCUT2D eigenvalue weighted by Crippen LogP contribution is 2.22. The van der Waals surface area contributed by atoms with Crippen LogP contribution in [0.2, 0.25) is 0 Å². The number of primary amides is 1. The lowest BCUT2D eigenvalue weighted by Gasteiger charge is -2.18. The standard InChI is InChI=1S/C20H23FN6O3/c1-4-25(5-2)14(28)11-27-16-15(17(22)29)23-18(12-8-7-9-13(21)10-12)24-19(16)26(6-3)20(27)30/h7-10H,4-6,11H2,1-3H3,(H2,22,29). The van der Waals surface area contributed by atoms with Crippen LogP contribution in [-0.2, 0) is 17.9 Å². The van der Waals surface area contributed by atoms with Gasteiger partial charge < -0.3 is 10.6 Å². The summed E-state index contributed by atoms with van der Waals surface area (Å²) in [6.45, 7) is 6.36. The van der Waals surface area contributed by atoms with E-state index in [1.165, 1.54) is 27.3 Å². The number of rotatable bonds is 7. The van der Waals surface area contributed by atoms with Crippen LogP contribution < -0.4 is 11.4 Å². The Labute approximate surface area is 171 Å². The number of hydrogen-bond acceptors (Lipinski definition) is 5. The number of amides is 2. The molecule has 3 rings (SSSR count). The maximum Gasteiger partial charge on any atom is 0.330 e. The molecule has 0 unspecified atom stereocenters. The van der Waals surface area contributed by atoms with E-state index < -0.39 is 17.4 Å². The Balaban J connectivity index is 2.29. The molecule has 30 heavy (non-hydrogen) atoms. The Kier molecular flexibility index (Phi) is 5.95. The zero-order valence-electron chi connectivity index (χ0n) is 17.1. The fourth-order valence-corrected chi connectivity index (χ4v) is 3.38. The second kappa shape index (κ2) is 8.44. The predicted octanol–water partition coefficient (Wildman–Crippen LogP) is 1.39. The molecular formula is C20H23FN6O3. The van der Waals surface area contributed by atoms with Gasteiger partial charge in [-0.25, -0.2) is 19.2 Å². The summed E-state index contributed by atoms with van der Waals surface area (Å²) in [7, 11) is 0. The fourth-order valence-electron chi connectivity index (χ4n) is 3.38. The lowest BCUT2D eigenvalue weighted by molar-refractivity contribution is -0.131. The highest BCUT2D eigenvalue weighted by Gasteiger charge is 2.25. The molecule has 3 aromatic rings. The van der Waals surface area contributed by atoms with E-state index in [-0.39, 0.29) is 41.7 Å². The lowest BCUT2D eigenvalue weighted by Crippen LogP contribution is -2.36. The van der Waals surface area contributed by atoms with Gasteiger partial charge in [-0.3, -0.25) is 18.7 Å². The number of aryl methyl sites for hydroxylation is 1. The molecule has 0 bridgehead atoms. The number of hydrogen-bond donors (Lipinski definition) is 1. The highest BCUT2D eigenvalue weighted by molar-refractivity contribution is 6.02. The van der Waals surface area contributed by atoms with Crippen molar-refractivity contribution in [1.29, 1.82) is 0 Å². The average molecular weight is 414 g/mol. The van der Waals surface area contributed by atoms with E-state index in [2.05, 4.69) is 9.97 Å². The minimum atomic E-state index is -0.877. The zero-order valence-corrected chi connectivity index (χ0v) is 17.1. The van der Waals surface area contributed by atoms with Crippen LogP contribution in [0.15, 0.2) is 29.1 Å². The molecule has 158 valence electrons. The molecule has 0 aliphatic rings. The van der Waals surface area contributed by atoms with Crippen molar-refractivity contribution in [2.45, 2.75) is 33.9 Å². The Morgan fingerprint density at radius 1 is 1.13 bits per heavy atom. The minimum absolute atomic E-state index is 0.0604. The summed E-state index contributed by atoms with van der Waals surface area (Å²) in [5.41, 5.74) is 5.44. The number of halogens is 1. The second-order valence-corrected chi connectivity index (χ2v) is 6.62. The zero-order chi connectivity index (χ0) is 22.0. The lowest BCUT2D eigenvalue weighted by atomic mass is 10.2. The van der Waals surface area contributed by atoms with Crippen molar-refractivity contribution in [3.63, 3.8) is 0 Å². The number of aromatic nitrogens is 4. The van der Waals surface area contributed by atoms with Crippen LogP contribution >= 0.6 is 0 Å². The van der Waals surface area contributed by atoms with Gasteiger partial charge >= 0.3 is 5.69 Å². The highest BCUT2D eigenvalue weighted by atomic mass is 19.1. The van der Waals surface area contributed by atoms with Crippen molar-refractivity contribution >= 4 is 23.0 Å². The number of imidazole rings is 1. The largest absolute Gasteiger partial charge is 0.364 e. The minimum Gasteiger partial charge on any atom is -0.364 e. The van der Waals surface area contributed by atoms with Crippen molar-refractivity contribution in [2.24, 2.45) is 5.73 Å². The summed E-state index contributed by atoms with van der Waals surface area (Å²) >= 11 is 0. The fraction of sp³-hybridized carbons (Fsp3) is 0.350. The van der Waals surface area contributed by atoms with Crippen molar-refractivity contribution < 1.29 is 14.0 Å². The molecule has 2 aromatic heterocycles. The third-order valence-corrected chi connectivity index (χ3v) is 4.89. The number of nitrogens with zero attached hydrogens (tertiary/aromatic N) is 5. The Morgan fingerprint density at radius 3 is 2.40 bits per heavy atom. The summed E-state index contributed by atoms with van der Waals surface area (Å²) in [5.74, 6) is -1.59. The maximum absolute atomic E-state index is 13.7. The number of fused-ring (bicyclic) bond motifs is 1. The van der Waals surface area contributed by atoms with Crippen molar-refractivity contribution in [3.05, 3.63) is 46.3 Å². The first-order valence-corrected chi connectivity index (χ1v) is 9.66. The third kappa shape index (κ3) is 3.68. The molecule has 2 N–H and O–H groups in total. The van der Waals surface area contributed by atoms with E-state index in [4.69, 9.17) is 5.73 Å². The van der Waals surface area contributed by atoms with E-state index in [1.54, 1.807) is 17.9 Å². The van der Waals surface area contributed by atoms with Gasteiger partial charge in [-0.1, -0.05) is 12.1 Å². The number of nitrogens with two attached hydrogens (primary N) is 1. The van der Waals surface area contributed by atoms with Crippen LogP contribution in [0, 0.1) is 5.82 Å². The molecule has 1 aromatic carbocycles. The van der Waals surface area contributed by atoms with Crippen molar-refractivity contribution in [2.75, 3.05) is 13.1 Å². The van der Waals surface area contributed by atoms with Gasteiger partial charge in [0.1, 0.15) is 17.9 Å². The van der Waals surface area contributed by atoms with E-state index in [0.717, 1.165) is 0 Å². The van der Waals surface area contributed by atoms with Gasteiger partial charge in [0.2, 0.25) is 5.91 Å².